The van der Waals surface area contributed by atoms with Gasteiger partial charge in [0.15, 0.2) is 5.76 Å². The van der Waals surface area contributed by atoms with Crippen molar-refractivity contribution in [1.82, 2.24) is 20.3 Å². The third kappa shape index (κ3) is 3.11. The van der Waals surface area contributed by atoms with Crippen LogP contribution in [0.15, 0.2) is 10.6 Å². The molecule has 0 aromatic carbocycles. The van der Waals surface area contributed by atoms with E-state index in [0.29, 0.717) is 11.7 Å². The van der Waals surface area contributed by atoms with Crippen LogP contribution in [-0.4, -0.2) is 32.8 Å². The van der Waals surface area contributed by atoms with Gasteiger partial charge in [-0.15, -0.1) is 10.2 Å². The SMILES string of the molecule is CCCc1nnc(NC(=O)N2CCCC2c2cc(C)no2)s1. The summed E-state index contributed by atoms with van der Waals surface area (Å²) < 4.78 is 5.32. The fourth-order valence-corrected chi connectivity index (χ4v) is 3.46. The maximum absolute atomic E-state index is 12.5. The summed E-state index contributed by atoms with van der Waals surface area (Å²) in [6.45, 7) is 4.67. The maximum Gasteiger partial charge on any atom is 0.324 e. The highest BCUT2D eigenvalue weighted by atomic mass is 32.1. The molecule has 2 amide bonds. The van der Waals surface area contributed by atoms with E-state index in [-0.39, 0.29) is 12.1 Å². The predicted molar refractivity (Wildman–Crippen MR) is 82.8 cm³/mol. The molecule has 0 bridgehead atoms. The largest absolute Gasteiger partial charge is 0.359 e. The number of urea groups is 1. The van der Waals surface area contributed by atoms with Crippen molar-refractivity contribution in [2.24, 2.45) is 0 Å². The minimum atomic E-state index is -0.157. The van der Waals surface area contributed by atoms with Crippen molar-refractivity contribution in [3.63, 3.8) is 0 Å². The first-order valence-corrected chi connectivity index (χ1v) is 8.32. The highest BCUT2D eigenvalue weighted by molar-refractivity contribution is 7.15. The van der Waals surface area contributed by atoms with E-state index in [4.69, 9.17) is 4.52 Å². The number of anilines is 1. The summed E-state index contributed by atoms with van der Waals surface area (Å²) in [5.74, 6) is 0.745. The third-order valence-corrected chi connectivity index (χ3v) is 4.53. The fourth-order valence-electron chi connectivity index (χ4n) is 2.63. The summed E-state index contributed by atoms with van der Waals surface area (Å²) in [6.07, 6.45) is 3.74. The van der Waals surface area contributed by atoms with E-state index in [2.05, 4.69) is 27.6 Å². The molecule has 0 radical (unpaired) electrons. The van der Waals surface area contributed by atoms with Gasteiger partial charge in [0, 0.05) is 19.0 Å². The molecule has 3 rings (SSSR count). The lowest BCUT2D eigenvalue weighted by Crippen LogP contribution is -2.34. The number of likely N-dealkylation sites (tertiary alicyclic amines) is 1. The molecule has 2 aromatic heterocycles. The molecule has 3 heterocycles. The lowest BCUT2D eigenvalue weighted by atomic mass is 10.1. The van der Waals surface area contributed by atoms with Crippen molar-refractivity contribution in [2.75, 3.05) is 11.9 Å². The van der Waals surface area contributed by atoms with E-state index in [1.54, 1.807) is 4.90 Å². The van der Waals surface area contributed by atoms with Crippen LogP contribution in [0, 0.1) is 6.92 Å². The van der Waals surface area contributed by atoms with Crippen LogP contribution in [0.4, 0.5) is 9.93 Å². The summed E-state index contributed by atoms with van der Waals surface area (Å²) in [5.41, 5.74) is 0.829. The molecule has 1 aliphatic rings. The Morgan fingerprint density at radius 2 is 2.41 bits per heavy atom. The lowest BCUT2D eigenvalue weighted by molar-refractivity contribution is 0.195. The molecule has 1 N–H and O–H groups in total. The number of hydrogen-bond donors (Lipinski definition) is 1. The van der Waals surface area contributed by atoms with Gasteiger partial charge in [-0.25, -0.2) is 4.79 Å². The Bertz CT molecular complexity index is 653. The topological polar surface area (TPSA) is 84.2 Å². The molecule has 0 spiro atoms. The quantitative estimate of drug-likeness (QED) is 0.935. The monoisotopic (exact) mass is 321 g/mol. The smallest absolute Gasteiger partial charge is 0.324 e. The van der Waals surface area contributed by atoms with Gasteiger partial charge in [-0.2, -0.15) is 0 Å². The van der Waals surface area contributed by atoms with E-state index < -0.39 is 0 Å². The van der Waals surface area contributed by atoms with Crippen molar-refractivity contribution >= 4 is 22.5 Å². The molecule has 1 fully saturated rings. The van der Waals surface area contributed by atoms with Crippen LogP contribution in [-0.2, 0) is 6.42 Å². The molecule has 8 heteroatoms. The molecule has 0 saturated carbocycles. The summed E-state index contributed by atoms with van der Waals surface area (Å²) in [7, 11) is 0. The van der Waals surface area contributed by atoms with Gasteiger partial charge in [0.25, 0.3) is 0 Å². The van der Waals surface area contributed by atoms with Crippen molar-refractivity contribution in [3.05, 3.63) is 22.5 Å². The van der Waals surface area contributed by atoms with Gasteiger partial charge in [0.1, 0.15) is 5.01 Å². The van der Waals surface area contributed by atoms with Gasteiger partial charge in [0.05, 0.1) is 11.7 Å². The molecule has 22 heavy (non-hydrogen) atoms. The highest BCUT2D eigenvalue weighted by Gasteiger charge is 2.33. The number of aromatic nitrogens is 3. The van der Waals surface area contributed by atoms with Crippen molar-refractivity contribution in [1.29, 1.82) is 0 Å². The van der Waals surface area contributed by atoms with Gasteiger partial charge in [-0.1, -0.05) is 23.4 Å². The molecule has 2 aromatic rings. The zero-order chi connectivity index (χ0) is 15.5. The second kappa shape index (κ2) is 6.43. The number of rotatable bonds is 4. The highest BCUT2D eigenvalue weighted by Crippen LogP contribution is 2.32. The Kier molecular flexibility index (Phi) is 4.37. The lowest BCUT2D eigenvalue weighted by Gasteiger charge is -2.22. The van der Waals surface area contributed by atoms with E-state index in [1.807, 2.05) is 13.0 Å². The maximum atomic E-state index is 12.5. The normalized spacial score (nSPS) is 17.9. The molecule has 118 valence electrons. The standard InChI is InChI=1S/C14H19N5O2S/c1-3-5-12-16-17-13(22-12)15-14(20)19-7-4-6-10(19)11-8-9(2)18-21-11/h8,10H,3-7H2,1-2H3,(H,15,17,20). The molecular weight excluding hydrogens is 302 g/mol. The van der Waals surface area contributed by atoms with E-state index in [9.17, 15) is 4.79 Å². The number of carbonyl (C=O) groups is 1. The number of carbonyl (C=O) groups excluding carboxylic acids is 1. The minimum absolute atomic E-state index is 0.0516. The molecule has 1 aliphatic heterocycles. The van der Waals surface area contributed by atoms with Crippen molar-refractivity contribution in [3.8, 4) is 0 Å². The van der Waals surface area contributed by atoms with Crippen molar-refractivity contribution in [2.45, 2.75) is 45.6 Å². The van der Waals surface area contributed by atoms with Crippen LogP contribution < -0.4 is 5.32 Å². The van der Waals surface area contributed by atoms with E-state index in [0.717, 1.165) is 42.1 Å². The van der Waals surface area contributed by atoms with E-state index >= 15 is 0 Å². The Labute approximate surface area is 132 Å². The van der Waals surface area contributed by atoms with E-state index in [1.165, 1.54) is 11.3 Å². The van der Waals surface area contributed by atoms with Crippen LogP contribution >= 0.6 is 11.3 Å². The average molecular weight is 321 g/mol. The molecule has 1 saturated heterocycles. The Morgan fingerprint density at radius 3 is 3.14 bits per heavy atom. The van der Waals surface area contributed by atoms with Crippen molar-refractivity contribution < 1.29 is 9.32 Å². The third-order valence-electron chi connectivity index (χ3n) is 3.63. The number of nitrogens with one attached hydrogen (secondary N) is 1. The van der Waals surface area contributed by atoms with Gasteiger partial charge in [-0.3, -0.25) is 5.32 Å². The van der Waals surface area contributed by atoms with Crippen LogP contribution in [0.3, 0.4) is 0 Å². The second-order valence-electron chi connectivity index (χ2n) is 5.40. The minimum Gasteiger partial charge on any atom is -0.359 e. The second-order valence-corrected chi connectivity index (χ2v) is 6.47. The molecule has 1 atom stereocenters. The van der Waals surface area contributed by atoms with Gasteiger partial charge < -0.3 is 9.42 Å². The predicted octanol–water partition coefficient (Wildman–Crippen LogP) is 3.16. The number of nitrogens with zero attached hydrogens (tertiary/aromatic N) is 4. The zero-order valence-corrected chi connectivity index (χ0v) is 13.5. The molecule has 7 nitrogen and oxygen atoms in total. The summed E-state index contributed by atoms with van der Waals surface area (Å²) in [6, 6.07) is 1.68. The van der Waals surface area contributed by atoms with Gasteiger partial charge in [-0.05, 0) is 26.2 Å². The van der Waals surface area contributed by atoms with Gasteiger partial charge >= 0.3 is 6.03 Å². The Hall–Kier alpha value is -1.96. The van der Waals surface area contributed by atoms with Gasteiger partial charge in [0.2, 0.25) is 5.13 Å². The first-order valence-electron chi connectivity index (χ1n) is 7.50. The van der Waals surface area contributed by atoms with Crippen LogP contribution in [0.2, 0.25) is 0 Å². The first kappa shape index (κ1) is 15.0. The number of aryl methyl sites for hydroxylation is 2. The molecule has 0 aliphatic carbocycles. The van der Waals surface area contributed by atoms with Crippen LogP contribution in [0.25, 0.3) is 0 Å². The van der Waals surface area contributed by atoms with Crippen LogP contribution in [0.5, 0.6) is 0 Å². The molecule has 1 unspecified atom stereocenters. The zero-order valence-electron chi connectivity index (χ0n) is 12.7. The Balaban J connectivity index is 1.67. The summed E-state index contributed by atoms with van der Waals surface area (Å²) >= 11 is 1.43. The number of amides is 2. The fraction of sp³-hybridized carbons (Fsp3) is 0.571. The average Bonchev–Trinajstić information content (AvgIpc) is 3.19. The summed E-state index contributed by atoms with van der Waals surface area (Å²) in [4.78, 5) is 14.2. The van der Waals surface area contributed by atoms with Crippen LogP contribution in [0.1, 0.15) is 48.7 Å². The Morgan fingerprint density at radius 1 is 1.55 bits per heavy atom. The number of hydrogen-bond acceptors (Lipinski definition) is 6. The summed E-state index contributed by atoms with van der Waals surface area (Å²) in [5, 5.41) is 16.3. The molecular formula is C14H19N5O2S. The first-order chi connectivity index (χ1) is 10.7.